The van der Waals surface area contributed by atoms with Gasteiger partial charge in [-0.25, -0.2) is 9.59 Å². The molecule has 9 heteroatoms. The molecule has 0 fully saturated rings. The molecule has 0 unspecified atom stereocenters. The lowest BCUT2D eigenvalue weighted by Gasteiger charge is -2.36. The number of hydrogen-bond acceptors (Lipinski definition) is 8. The van der Waals surface area contributed by atoms with E-state index in [2.05, 4.69) is 43.3 Å². The molecule has 0 aromatic heterocycles. The van der Waals surface area contributed by atoms with E-state index in [0.717, 1.165) is 18.8 Å². The molecule has 0 spiro atoms. The number of aliphatic hydroxyl groups excluding tert-OH is 1. The summed E-state index contributed by atoms with van der Waals surface area (Å²) in [7, 11) is 1.05. The van der Waals surface area contributed by atoms with Crippen LogP contribution in [0, 0.1) is 0 Å². The summed E-state index contributed by atoms with van der Waals surface area (Å²) in [5.41, 5.74) is 1.02. The lowest BCUT2D eigenvalue weighted by Crippen LogP contribution is -2.41. The number of esters is 2. The zero-order valence-electron chi connectivity index (χ0n) is 23.2. The van der Waals surface area contributed by atoms with Crippen LogP contribution >= 0.6 is 0 Å². The molecule has 2 aromatic carbocycles. The first-order chi connectivity index (χ1) is 17.4. The van der Waals surface area contributed by atoms with Gasteiger partial charge in [-0.2, -0.15) is 0 Å². The minimum Gasteiger partial charge on any atom is -0.494 e. The highest BCUT2D eigenvalue weighted by Gasteiger charge is 2.36. The van der Waals surface area contributed by atoms with Crippen LogP contribution in [-0.4, -0.2) is 66.0 Å². The second kappa shape index (κ2) is 16.1. The summed E-state index contributed by atoms with van der Waals surface area (Å²) in [6.07, 6.45) is 1.45. The Kier molecular flexibility index (Phi) is 14.0. The molecule has 0 saturated heterocycles. The van der Waals surface area contributed by atoms with E-state index in [-0.39, 0.29) is 23.6 Å². The monoisotopic (exact) mass is 534 g/mol. The average molecular weight is 535 g/mol. The zero-order chi connectivity index (χ0) is 27.9. The van der Waals surface area contributed by atoms with E-state index in [9.17, 15) is 9.59 Å². The van der Waals surface area contributed by atoms with Crippen LogP contribution in [0.5, 0.6) is 11.5 Å². The predicted octanol–water partition coefficient (Wildman–Crippen LogP) is 5.50. The van der Waals surface area contributed by atoms with Crippen molar-refractivity contribution in [2.45, 2.75) is 51.7 Å². The molecule has 0 aliphatic heterocycles. The molecule has 0 heterocycles. The van der Waals surface area contributed by atoms with Gasteiger partial charge < -0.3 is 28.5 Å². The summed E-state index contributed by atoms with van der Waals surface area (Å²) >= 11 is 0. The molecular weight excluding hydrogens is 492 g/mol. The first-order valence-corrected chi connectivity index (χ1v) is 15.2. The largest absolute Gasteiger partial charge is 0.494 e. The number of benzene rings is 2. The number of carbonyl (C=O) groups excluding carboxylic acids is 2. The van der Waals surface area contributed by atoms with Gasteiger partial charge in [0, 0.05) is 26.1 Å². The summed E-state index contributed by atoms with van der Waals surface area (Å²) in [6, 6.07) is 13.6. The maximum absolute atomic E-state index is 11.3. The van der Waals surface area contributed by atoms with Crippen molar-refractivity contribution in [2.75, 3.05) is 40.6 Å². The Morgan fingerprint density at radius 2 is 1.14 bits per heavy atom. The third-order valence-electron chi connectivity index (χ3n) is 5.95. The predicted molar refractivity (Wildman–Crippen MR) is 146 cm³/mol. The standard InChI is InChI=1S/C17H28O4Si.C11H14O4/c1-17(2,3)22(5,6)21-13-7-12-20-15-10-8-14(9-11-15)16(18)19-4;1-14-11(13)9-3-5-10(6-4-9)15-8-2-7-12/h8-11H,7,12-13H2,1-6H3;3-6,12H,2,7-8H2,1H3. The lowest BCUT2D eigenvalue weighted by atomic mass is 10.2. The van der Waals surface area contributed by atoms with E-state index >= 15 is 0 Å². The van der Waals surface area contributed by atoms with Crippen LogP contribution in [0.1, 0.15) is 54.3 Å². The summed E-state index contributed by atoms with van der Waals surface area (Å²) in [5.74, 6) is 0.724. The maximum Gasteiger partial charge on any atom is 0.337 e. The molecule has 0 atom stereocenters. The summed E-state index contributed by atoms with van der Waals surface area (Å²) in [5, 5.41) is 8.79. The number of ether oxygens (including phenoxy) is 4. The van der Waals surface area contributed by atoms with Crippen molar-refractivity contribution in [3.63, 3.8) is 0 Å². The fourth-order valence-electron chi connectivity index (χ4n) is 2.66. The van der Waals surface area contributed by atoms with E-state index in [1.165, 1.54) is 14.2 Å². The van der Waals surface area contributed by atoms with Crippen molar-refractivity contribution < 1.29 is 38.1 Å². The van der Waals surface area contributed by atoms with Crippen LogP contribution < -0.4 is 9.47 Å². The van der Waals surface area contributed by atoms with Crippen LogP contribution in [-0.2, 0) is 13.9 Å². The van der Waals surface area contributed by atoms with Crippen LogP contribution in [0.2, 0.25) is 18.1 Å². The molecule has 1 N–H and O–H groups in total. The van der Waals surface area contributed by atoms with Gasteiger partial charge in [-0.05, 0) is 66.7 Å². The quantitative estimate of drug-likeness (QED) is 0.216. The topological polar surface area (TPSA) is 101 Å². The van der Waals surface area contributed by atoms with Crippen molar-refractivity contribution in [3.05, 3.63) is 59.7 Å². The van der Waals surface area contributed by atoms with Gasteiger partial charge in [-0.15, -0.1) is 0 Å². The maximum atomic E-state index is 11.3. The summed E-state index contributed by atoms with van der Waals surface area (Å²) in [4.78, 5) is 22.4. The van der Waals surface area contributed by atoms with Crippen LogP contribution in [0.25, 0.3) is 0 Å². The number of methoxy groups -OCH3 is 2. The molecule has 8 nitrogen and oxygen atoms in total. The van der Waals surface area contributed by atoms with Gasteiger partial charge in [0.05, 0.1) is 38.6 Å². The molecular formula is C28H42O8Si. The first-order valence-electron chi connectivity index (χ1n) is 12.3. The Balaban J connectivity index is 0.000000397. The Labute approximate surface area is 222 Å². The second-order valence-corrected chi connectivity index (χ2v) is 14.6. The third-order valence-corrected chi connectivity index (χ3v) is 10.5. The van der Waals surface area contributed by atoms with Gasteiger partial charge in [-0.3, -0.25) is 0 Å². The molecule has 0 aliphatic rings. The lowest BCUT2D eigenvalue weighted by molar-refractivity contribution is 0.0591. The van der Waals surface area contributed by atoms with E-state index < -0.39 is 8.32 Å². The van der Waals surface area contributed by atoms with Gasteiger partial charge >= 0.3 is 11.9 Å². The fraction of sp³-hybridized carbons (Fsp3) is 0.500. The average Bonchev–Trinajstić information content (AvgIpc) is 2.88. The van der Waals surface area contributed by atoms with Crippen molar-refractivity contribution in [1.29, 1.82) is 0 Å². The van der Waals surface area contributed by atoms with Crippen molar-refractivity contribution in [1.82, 2.24) is 0 Å². The minimum absolute atomic E-state index is 0.111. The van der Waals surface area contributed by atoms with Crippen molar-refractivity contribution >= 4 is 20.3 Å². The van der Waals surface area contributed by atoms with Crippen molar-refractivity contribution in [3.8, 4) is 11.5 Å². The van der Waals surface area contributed by atoms with Crippen LogP contribution in [0.3, 0.4) is 0 Å². The molecule has 0 amide bonds. The van der Waals surface area contributed by atoms with Gasteiger partial charge in [0.2, 0.25) is 0 Å². The molecule has 206 valence electrons. The first kappa shape index (κ1) is 32.1. The Bertz CT molecular complexity index is 934. The van der Waals surface area contributed by atoms with E-state index in [1.807, 2.05) is 0 Å². The molecule has 2 rings (SSSR count). The molecule has 0 bridgehead atoms. The van der Waals surface area contributed by atoms with E-state index in [4.69, 9.17) is 19.0 Å². The van der Waals surface area contributed by atoms with Gasteiger partial charge in [-0.1, -0.05) is 20.8 Å². The highest BCUT2D eigenvalue weighted by atomic mass is 28.4. The number of carbonyl (C=O) groups is 2. The molecule has 0 aliphatic carbocycles. The van der Waals surface area contributed by atoms with Gasteiger partial charge in [0.25, 0.3) is 0 Å². The number of aliphatic hydroxyl groups is 1. The number of hydrogen-bond donors (Lipinski definition) is 1. The Morgan fingerprint density at radius 3 is 1.49 bits per heavy atom. The second-order valence-electron chi connectivity index (χ2n) is 9.77. The Hall–Kier alpha value is -2.88. The van der Waals surface area contributed by atoms with Gasteiger partial charge in [0.1, 0.15) is 11.5 Å². The summed E-state index contributed by atoms with van der Waals surface area (Å²) in [6.45, 7) is 13.1. The van der Waals surface area contributed by atoms with Gasteiger partial charge in [0.15, 0.2) is 8.32 Å². The fourth-order valence-corrected chi connectivity index (χ4v) is 3.75. The molecule has 0 saturated carbocycles. The Morgan fingerprint density at radius 1 is 0.730 bits per heavy atom. The van der Waals surface area contributed by atoms with Crippen molar-refractivity contribution in [2.24, 2.45) is 0 Å². The van der Waals surface area contributed by atoms with E-state index in [0.29, 0.717) is 36.5 Å². The minimum atomic E-state index is -1.67. The molecule has 37 heavy (non-hydrogen) atoms. The smallest absolute Gasteiger partial charge is 0.337 e. The summed E-state index contributed by atoms with van der Waals surface area (Å²) < 4.78 is 26.3. The highest BCUT2D eigenvalue weighted by molar-refractivity contribution is 6.74. The normalized spacial score (nSPS) is 11.1. The highest BCUT2D eigenvalue weighted by Crippen LogP contribution is 2.36. The third kappa shape index (κ3) is 11.8. The number of rotatable bonds is 12. The molecule has 0 radical (unpaired) electrons. The molecule has 2 aromatic rings. The zero-order valence-corrected chi connectivity index (χ0v) is 24.2. The van der Waals surface area contributed by atoms with Crippen LogP contribution in [0.4, 0.5) is 0 Å². The SMILES string of the molecule is COC(=O)c1ccc(OCCCO)cc1.COC(=O)c1ccc(OCCCO[Si](C)(C)C(C)(C)C)cc1. The van der Waals surface area contributed by atoms with E-state index in [1.54, 1.807) is 48.5 Å². The van der Waals surface area contributed by atoms with Crippen LogP contribution in [0.15, 0.2) is 48.5 Å².